The van der Waals surface area contributed by atoms with Crippen molar-refractivity contribution in [2.24, 2.45) is 0 Å². The summed E-state index contributed by atoms with van der Waals surface area (Å²) < 4.78 is 11.7. The van der Waals surface area contributed by atoms with Gasteiger partial charge in [0.1, 0.15) is 11.5 Å². The Hall–Kier alpha value is -4.45. The Bertz CT molecular complexity index is 1470. The van der Waals surface area contributed by atoms with E-state index in [9.17, 15) is 14.4 Å². The molecule has 0 aromatic heterocycles. The number of ketones is 1. The van der Waals surface area contributed by atoms with E-state index in [2.05, 4.69) is 5.32 Å². The summed E-state index contributed by atoms with van der Waals surface area (Å²) in [6, 6.07) is 24.6. The van der Waals surface area contributed by atoms with Crippen LogP contribution in [0.25, 0.3) is 11.6 Å². The van der Waals surface area contributed by atoms with Crippen LogP contribution in [0, 0.1) is 0 Å². The second kappa shape index (κ2) is 22.2. The lowest BCUT2D eigenvalue weighted by atomic mass is 10.0. The number of rotatable bonds is 25. The van der Waals surface area contributed by atoms with Gasteiger partial charge in [0.25, 0.3) is 11.8 Å². The van der Waals surface area contributed by atoms with Crippen LogP contribution < -0.4 is 14.8 Å². The standard InChI is InChI=1S/C43H53NO5/c45-41(37-20-16-15-17-21-37)31-24-35-22-27-38(28-23-35)48-32-18-13-11-9-7-5-3-1-2-4-6-8-10-12-14-19-33-49-39-29-25-36(26-30-39)40-34-42(46)44-43(40)47/h15-17,20-31,34H,1-14,18-19,32-33H2,(H,44,46,47). The molecule has 0 aliphatic carbocycles. The van der Waals surface area contributed by atoms with E-state index in [0.29, 0.717) is 17.7 Å². The Kier molecular flexibility index (Phi) is 17.0. The number of amides is 2. The van der Waals surface area contributed by atoms with Gasteiger partial charge in [-0.3, -0.25) is 19.7 Å². The second-order valence-electron chi connectivity index (χ2n) is 12.9. The number of hydrogen-bond acceptors (Lipinski definition) is 5. The van der Waals surface area contributed by atoms with Gasteiger partial charge in [0.15, 0.2) is 5.78 Å². The number of nitrogens with one attached hydrogen (secondary N) is 1. The van der Waals surface area contributed by atoms with Crippen molar-refractivity contribution in [3.05, 3.63) is 108 Å². The number of hydrogen-bond donors (Lipinski definition) is 1. The van der Waals surface area contributed by atoms with Crippen LogP contribution in [0.1, 0.15) is 124 Å². The van der Waals surface area contributed by atoms with E-state index in [1.807, 2.05) is 84.9 Å². The third kappa shape index (κ3) is 14.7. The molecule has 0 radical (unpaired) electrons. The minimum Gasteiger partial charge on any atom is -0.494 e. The Morgan fingerprint density at radius 1 is 0.551 bits per heavy atom. The molecule has 1 aliphatic heterocycles. The highest BCUT2D eigenvalue weighted by molar-refractivity contribution is 6.33. The summed E-state index contributed by atoms with van der Waals surface area (Å²) in [5, 5.41) is 2.27. The third-order valence-electron chi connectivity index (χ3n) is 8.86. The molecule has 4 rings (SSSR count). The van der Waals surface area contributed by atoms with Gasteiger partial charge in [0.05, 0.1) is 18.8 Å². The molecule has 0 spiro atoms. The van der Waals surface area contributed by atoms with E-state index in [4.69, 9.17) is 9.47 Å². The largest absolute Gasteiger partial charge is 0.494 e. The summed E-state index contributed by atoms with van der Waals surface area (Å²) >= 11 is 0. The molecule has 0 bridgehead atoms. The second-order valence-corrected chi connectivity index (χ2v) is 12.9. The quantitative estimate of drug-likeness (QED) is 0.0422. The molecule has 6 nitrogen and oxygen atoms in total. The van der Waals surface area contributed by atoms with Crippen LogP contribution in [0.4, 0.5) is 0 Å². The van der Waals surface area contributed by atoms with Crippen molar-refractivity contribution in [2.45, 2.75) is 103 Å². The van der Waals surface area contributed by atoms with E-state index in [0.717, 1.165) is 42.1 Å². The summed E-state index contributed by atoms with van der Waals surface area (Å²) in [6.45, 7) is 1.45. The van der Waals surface area contributed by atoms with Crippen molar-refractivity contribution in [3.8, 4) is 11.5 Å². The summed E-state index contributed by atoms with van der Waals surface area (Å²) in [5.74, 6) is 0.972. The number of ether oxygens (including phenoxy) is 2. The molecule has 0 atom stereocenters. The van der Waals surface area contributed by atoms with Crippen molar-refractivity contribution in [3.63, 3.8) is 0 Å². The molecule has 49 heavy (non-hydrogen) atoms. The number of carbonyl (C=O) groups is 3. The SMILES string of the molecule is O=C1C=C(c2ccc(OCCCCCCCCCCCCCCCCCCOc3ccc(C=CC(=O)c4ccccc4)cc3)cc2)C(=O)N1. The Morgan fingerprint density at radius 3 is 1.45 bits per heavy atom. The van der Waals surface area contributed by atoms with Crippen molar-refractivity contribution in [2.75, 3.05) is 13.2 Å². The predicted octanol–water partition coefficient (Wildman–Crippen LogP) is 10.3. The zero-order valence-electron chi connectivity index (χ0n) is 29.0. The fourth-order valence-corrected chi connectivity index (χ4v) is 5.96. The summed E-state index contributed by atoms with van der Waals surface area (Å²) in [5.41, 5.74) is 2.82. The molecule has 0 unspecified atom stereocenters. The first kappa shape index (κ1) is 37.4. The van der Waals surface area contributed by atoms with Gasteiger partial charge in [-0.25, -0.2) is 0 Å². The van der Waals surface area contributed by atoms with Crippen molar-refractivity contribution in [1.29, 1.82) is 0 Å². The van der Waals surface area contributed by atoms with E-state index in [1.165, 1.54) is 96.0 Å². The van der Waals surface area contributed by atoms with Gasteiger partial charge in [-0.2, -0.15) is 0 Å². The molecule has 2 amide bonds. The van der Waals surface area contributed by atoms with Gasteiger partial charge in [0.2, 0.25) is 0 Å². The van der Waals surface area contributed by atoms with E-state index in [-0.39, 0.29) is 17.6 Å². The van der Waals surface area contributed by atoms with Gasteiger partial charge in [-0.05, 0) is 54.3 Å². The highest BCUT2D eigenvalue weighted by Crippen LogP contribution is 2.22. The van der Waals surface area contributed by atoms with Gasteiger partial charge in [-0.15, -0.1) is 0 Å². The number of unbranched alkanes of at least 4 members (excludes halogenated alkanes) is 15. The van der Waals surface area contributed by atoms with Crippen molar-refractivity contribution >= 4 is 29.2 Å². The average molecular weight is 664 g/mol. The maximum Gasteiger partial charge on any atom is 0.258 e. The minimum absolute atomic E-state index is 0.00931. The lowest BCUT2D eigenvalue weighted by molar-refractivity contribution is -0.123. The number of allylic oxidation sites excluding steroid dienone is 1. The first-order valence-corrected chi connectivity index (χ1v) is 18.4. The van der Waals surface area contributed by atoms with Crippen LogP contribution >= 0.6 is 0 Å². The maximum absolute atomic E-state index is 12.2. The van der Waals surface area contributed by atoms with Crippen LogP contribution in [0.15, 0.2) is 91.0 Å². The van der Waals surface area contributed by atoms with Gasteiger partial charge in [0, 0.05) is 11.6 Å². The van der Waals surface area contributed by atoms with E-state index in [1.54, 1.807) is 6.08 Å². The third-order valence-corrected chi connectivity index (χ3v) is 8.86. The molecule has 3 aromatic carbocycles. The highest BCUT2D eigenvalue weighted by atomic mass is 16.5. The zero-order chi connectivity index (χ0) is 34.4. The molecule has 6 heteroatoms. The van der Waals surface area contributed by atoms with Crippen LogP contribution in [-0.2, 0) is 9.59 Å². The summed E-state index contributed by atoms with van der Waals surface area (Å²) in [7, 11) is 0. The fraction of sp³-hybridized carbons (Fsp3) is 0.419. The van der Waals surface area contributed by atoms with Gasteiger partial charge in [-0.1, -0.05) is 151 Å². The molecule has 0 saturated carbocycles. The fourth-order valence-electron chi connectivity index (χ4n) is 5.96. The van der Waals surface area contributed by atoms with E-state index < -0.39 is 0 Å². The first-order chi connectivity index (χ1) is 24.1. The van der Waals surface area contributed by atoms with Crippen molar-refractivity contribution < 1.29 is 23.9 Å². The Labute approximate surface area is 293 Å². The summed E-state index contributed by atoms with van der Waals surface area (Å²) in [4.78, 5) is 35.3. The van der Waals surface area contributed by atoms with Crippen LogP contribution in [-0.4, -0.2) is 30.8 Å². The van der Waals surface area contributed by atoms with Crippen molar-refractivity contribution in [1.82, 2.24) is 5.32 Å². The molecule has 260 valence electrons. The molecular formula is C43H53NO5. The molecule has 0 fully saturated rings. The zero-order valence-corrected chi connectivity index (χ0v) is 29.0. The smallest absolute Gasteiger partial charge is 0.258 e. The molecule has 1 N–H and O–H groups in total. The first-order valence-electron chi connectivity index (χ1n) is 18.4. The van der Waals surface area contributed by atoms with Crippen LogP contribution in [0.5, 0.6) is 11.5 Å². The lowest BCUT2D eigenvalue weighted by Gasteiger charge is -2.07. The molecule has 1 heterocycles. The topological polar surface area (TPSA) is 81.7 Å². The van der Waals surface area contributed by atoms with E-state index >= 15 is 0 Å². The molecule has 1 aliphatic rings. The predicted molar refractivity (Wildman–Crippen MR) is 199 cm³/mol. The molecule has 0 saturated heterocycles. The van der Waals surface area contributed by atoms with Crippen LogP contribution in [0.2, 0.25) is 0 Å². The normalized spacial score (nSPS) is 12.7. The minimum atomic E-state index is -0.362. The molecular weight excluding hydrogens is 610 g/mol. The number of imide groups is 1. The lowest BCUT2D eigenvalue weighted by Crippen LogP contribution is -2.21. The Morgan fingerprint density at radius 2 is 1.00 bits per heavy atom. The molecule has 3 aromatic rings. The highest BCUT2D eigenvalue weighted by Gasteiger charge is 2.21. The summed E-state index contributed by atoms with van der Waals surface area (Å²) in [6.07, 6.45) is 25.4. The van der Waals surface area contributed by atoms with Crippen LogP contribution in [0.3, 0.4) is 0 Å². The number of benzene rings is 3. The Balaban J connectivity index is 0.868. The van der Waals surface area contributed by atoms with Gasteiger partial charge >= 0.3 is 0 Å². The number of carbonyl (C=O) groups excluding carboxylic acids is 3. The maximum atomic E-state index is 12.2. The van der Waals surface area contributed by atoms with Gasteiger partial charge < -0.3 is 9.47 Å². The monoisotopic (exact) mass is 663 g/mol. The average Bonchev–Trinajstić information content (AvgIpc) is 3.48.